The quantitative estimate of drug-likeness (QED) is 0.467. The van der Waals surface area contributed by atoms with Gasteiger partial charge in [0.2, 0.25) is 0 Å². The highest BCUT2D eigenvalue weighted by Gasteiger charge is 2.76. The van der Waals surface area contributed by atoms with E-state index in [4.69, 9.17) is 10.4 Å². The van der Waals surface area contributed by atoms with Gasteiger partial charge in [0.1, 0.15) is 12.2 Å². The Hall–Kier alpha value is -2.57. The summed E-state index contributed by atoms with van der Waals surface area (Å²) in [6.45, 7) is 0. The van der Waals surface area contributed by atoms with Crippen LogP contribution in [0.2, 0.25) is 0 Å². The van der Waals surface area contributed by atoms with E-state index in [0.29, 0.717) is 6.07 Å². The van der Waals surface area contributed by atoms with Crippen molar-refractivity contribution in [1.29, 1.82) is 5.26 Å². The number of alkyl halides is 13. The second kappa shape index (κ2) is 7.84. The Morgan fingerprint density at radius 2 is 1.19 bits per heavy atom. The second-order valence-corrected chi connectivity index (χ2v) is 5.90. The van der Waals surface area contributed by atoms with Crippen LogP contribution in [0.4, 0.5) is 57.1 Å². The van der Waals surface area contributed by atoms with Gasteiger partial charge in [0.25, 0.3) is 0 Å². The Bertz CT molecular complexity index is 838. The van der Waals surface area contributed by atoms with Crippen LogP contribution < -0.4 is 0 Å². The summed E-state index contributed by atoms with van der Waals surface area (Å²) in [6.07, 6.45) is -31.9. The first-order chi connectivity index (χ1) is 13.6. The summed E-state index contributed by atoms with van der Waals surface area (Å²) in [6, 6.07) is -0.291. The third kappa shape index (κ3) is 5.02. The van der Waals surface area contributed by atoms with E-state index in [1.165, 1.54) is 0 Å². The van der Waals surface area contributed by atoms with E-state index in [9.17, 15) is 61.9 Å². The van der Waals surface area contributed by atoms with E-state index in [1.54, 1.807) is 0 Å². The van der Waals surface area contributed by atoms with Crippen molar-refractivity contribution in [3.8, 4) is 6.07 Å². The molecule has 0 aliphatic rings. The molecule has 16 heteroatoms. The van der Waals surface area contributed by atoms with Crippen molar-refractivity contribution in [2.75, 3.05) is 0 Å². The highest BCUT2D eigenvalue weighted by molar-refractivity contribution is 5.97. The van der Waals surface area contributed by atoms with Crippen LogP contribution in [0.15, 0.2) is 12.1 Å². The van der Waals surface area contributed by atoms with Crippen LogP contribution in [0.3, 0.4) is 0 Å². The summed E-state index contributed by atoms with van der Waals surface area (Å²) >= 11 is 0. The van der Waals surface area contributed by atoms with Gasteiger partial charge >= 0.3 is 30.4 Å². The minimum atomic E-state index is -6.84. The maximum absolute atomic E-state index is 13.7. The summed E-state index contributed by atoms with van der Waals surface area (Å²) in [5.41, 5.74) is -14.9. The number of aliphatic hydroxyl groups excluding tert-OH is 1. The van der Waals surface area contributed by atoms with Gasteiger partial charge in [0.15, 0.2) is 5.78 Å². The molecule has 1 N–H and O–H groups in total. The van der Waals surface area contributed by atoms with E-state index in [2.05, 4.69) is 0 Å². The molecule has 0 fully saturated rings. The number of halogens is 13. The van der Waals surface area contributed by atoms with Crippen LogP contribution in [0, 0.1) is 11.3 Å². The van der Waals surface area contributed by atoms with Crippen molar-refractivity contribution in [1.82, 2.24) is 0 Å². The molecule has 1 aromatic carbocycles. The lowest BCUT2D eigenvalue weighted by molar-refractivity contribution is -0.363. The lowest BCUT2D eigenvalue weighted by Gasteiger charge is -2.33. The molecule has 0 spiro atoms. The normalized spacial score (nSPS) is 14.9. The number of hydrogen-bond donors (Lipinski definition) is 1. The number of aliphatic hydroxyl groups is 1. The Morgan fingerprint density at radius 1 is 0.839 bits per heavy atom. The minimum absolute atomic E-state index is 0.441. The second-order valence-electron chi connectivity index (χ2n) is 5.90. The molecule has 1 aromatic rings. The summed E-state index contributed by atoms with van der Waals surface area (Å²) in [7, 11) is 0. The molecule has 1 unspecified atom stereocenters. The number of nitrogens with zero attached hydrogens (tertiary/aromatic N) is 1. The number of hydrogen-bond acceptors (Lipinski definition) is 3. The van der Waals surface area contributed by atoms with Crippen LogP contribution in [0.25, 0.3) is 0 Å². The SMILES string of the molecule is N#Cc1c(C(F)(F)F)cc(C(=O)CC(O)C(F)(C(F)(F)F)C(F)(F)F)cc1C(F)(F)F. The largest absolute Gasteiger partial charge is 0.434 e. The molecular formula is C15H6F13NO2. The fraction of sp³-hybridized carbons (Fsp3) is 0.467. The summed E-state index contributed by atoms with van der Waals surface area (Å²) in [5, 5.41) is 17.7. The highest BCUT2D eigenvalue weighted by atomic mass is 19.4. The van der Waals surface area contributed by atoms with Crippen LogP contribution in [0.5, 0.6) is 0 Å². The van der Waals surface area contributed by atoms with Crippen LogP contribution in [-0.2, 0) is 12.4 Å². The zero-order valence-corrected chi connectivity index (χ0v) is 14.2. The van der Waals surface area contributed by atoms with Gasteiger partial charge in [-0.15, -0.1) is 0 Å². The topological polar surface area (TPSA) is 61.1 Å². The Kier molecular flexibility index (Phi) is 6.70. The number of benzene rings is 1. The first-order valence-corrected chi connectivity index (χ1v) is 7.35. The number of Topliss-reactive ketones (excluding diaryl/α,β-unsaturated/α-hetero) is 1. The van der Waals surface area contributed by atoms with Crippen molar-refractivity contribution < 1.29 is 67.0 Å². The molecule has 0 heterocycles. The predicted molar refractivity (Wildman–Crippen MR) is 72.1 cm³/mol. The van der Waals surface area contributed by atoms with Crippen molar-refractivity contribution in [2.45, 2.75) is 42.9 Å². The van der Waals surface area contributed by atoms with Gasteiger partial charge < -0.3 is 5.11 Å². The van der Waals surface area contributed by atoms with Crippen LogP contribution in [-0.4, -0.2) is 35.0 Å². The number of carbonyl (C=O) groups is 1. The fourth-order valence-corrected chi connectivity index (χ4v) is 2.34. The van der Waals surface area contributed by atoms with Crippen molar-refractivity contribution in [3.05, 3.63) is 34.4 Å². The highest BCUT2D eigenvalue weighted by Crippen LogP contribution is 2.49. The van der Waals surface area contributed by atoms with E-state index in [0.717, 1.165) is 0 Å². The average Bonchev–Trinajstić information content (AvgIpc) is 2.55. The first kappa shape index (κ1) is 26.5. The summed E-state index contributed by atoms with van der Waals surface area (Å²) in [4.78, 5) is 11.8. The maximum atomic E-state index is 13.7. The molecule has 0 saturated heterocycles. The molecule has 31 heavy (non-hydrogen) atoms. The van der Waals surface area contributed by atoms with Crippen molar-refractivity contribution in [3.63, 3.8) is 0 Å². The molecule has 0 saturated carbocycles. The van der Waals surface area contributed by atoms with Gasteiger partial charge in [-0.1, -0.05) is 0 Å². The van der Waals surface area contributed by atoms with E-state index in [-0.39, 0.29) is 0 Å². The molecule has 0 amide bonds. The standard InChI is InChI=1S/C15H6F13NO2/c16-11(14(23,24)25,15(26,27)28)10(31)3-9(30)5-1-7(12(17,18)19)6(4-29)8(2-5)13(20,21)22/h1-2,10,31H,3H2. The van der Waals surface area contributed by atoms with E-state index >= 15 is 0 Å². The van der Waals surface area contributed by atoms with Crippen LogP contribution in [0.1, 0.15) is 33.5 Å². The zero-order valence-electron chi connectivity index (χ0n) is 14.2. The molecule has 1 atom stereocenters. The number of nitriles is 1. The van der Waals surface area contributed by atoms with Crippen molar-refractivity contribution >= 4 is 5.78 Å². The molecule has 0 radical (unpaired) electrons. The van der Waals surface area contributed by atoms with Gasteiger partial charge in [-0.3, -0.25) is 4.79 Å². The van der Waals surface area contributed by atoms with Gasteiger partial charge in [-0.25, -0.2) is 4.39 Å². The molecule has 0 aliphatic heterocycles. The van der Waals surface area contributed by atoms with Crippen LogP contribution >= 0.6 is 0 Å². The summed E-state index contributed by atoms with van der Waals surface area (Å²) < 4.78 is 167. The van der Waals surface area contributed by atoms with Gasteiger partial charge in [0, 0.05) is 12.0 Å². The summed E-state index contributed by atoms with van der Waals surface area (Å²) in [5.74, 6) is -2.32. The fourth-order valence-electron chi connectivity index (χ4n) is 2.34. The maximum Gasteiger partial charge on any atom is 0.434 e. The third-order valence-corrected chi connectivity index (χ3v) is 3.85. The van der Waals surface area contributed by atoms with E-state index < -0.39 is 83.1 Å². The van der Waals surface area contributed by atoms with Gasteiger partial charge in [-0.2, -0.15) is 57.9 Å². The average molecular weight is 479 g/mol. The smallest absolute Gasteiger partial charge is 0.389 e. The number of ketones is 1. The first-order valence-electron chi connectivity index (χ1n) is 7.35. The molecule has 1 rings (SSSR count). The monoisotopic (exact) mass is 479 g/mol. The Labute approximate surface area is 162 Å². The molecule has 174 valence electrons. The lowest BCUT2D eigenvalue weighted by atomic mass is 9.89. The Morgan fingerprint density at radius 3 is 1.45 bits per heavy atom. The van der Waals surface area contributed by atoms with Gasteiger partial charge in [-0.05, 0) is 12.1 Å². The molecule has 0 bridgehead atoms. The lowest BCUT2D eigenvalue weighted by Crippen LogP contribution is -2.61. The number of carbonyl (C=O) groups excluding carboxylic acids is 1. The molecule has 0 aliphatic carbocycles. The minimum Gasteiger partial charge on any atom is -0.389 e. The number of rotatable bonds is 4. The van der Waals surface area contributed by atoms with Gasteiger partial charge in [0.05, 0.1) is 16.7 Å². The zero-order chi connectivity index (χ0) is 24.8. The molecular weight excluding hydrogens is 473 g/mol. The van der Waals surface area contributed by atoms with E-state index in [1.807, 2.05) is 0 Å². The third-order valence-electron chi connectivity index (χ3n) is 3.85. The van der Waals surface area contributed by atoms with Crippen molar-refractivity contribution in [2.24, 2.45) is 0 Å². The molecule has 3 nitrogen and oxygen atoms in total. The predicted octanol–water partition coefficient (Wildman–Crippen LogP) is 5.36. The molecule has 0 aromatic heterocycles. The Balaban J connectivity index is 3.60.